The SMILES string of the molecule is CCN1CCO[C@@H](CNC(=O)c2ccc(C#N)[nH]2)[C@@H]1c1nccn1C. The van der Waals surface area contributed by atoms with E-state index in [0.717, 1.165) is 18.9 Å². The van der Waals surface area contributed by atoms with E-state index in [2.05, 4.69) is 27.1 Å². The maximum absolute atomic E-state index is 12.3. The zero-order chi connectivity index (χ0) is 17.8. The predicted octanol–water partition coefficient (Wildman–Crippen LogP) is 0.812. The van der Waals surface area contributed by atoms with Gasteiger partial charge in [0.25, 0.3) is 5.91 Å². The number of likely N-dealkylation sites (N-methyl/N-ethyl adjacent to an activating group) is 1. The van der Waals surface area contributed by atoms with Gasteiger partial charge in [0.15, 0.2) is 0 Å². The molecule has 1 amide bonds. The van der Waals surface area contributed by atoms with Gasteiger partial charge in [0, 0.05) is 32.5 Å². The number of hydrogen-bond donors (Lipinski definition) is 2. The summed E-state index contributed by atoms with van der Waals surface area (Å²) in [4.78, 5) is 21.8. The minimum Gasteiger partial charge on any atom is -0.373 e. The van der Waals surface area contributed by atoms with Crippen LogP contribution in [0.3, 0.4) is 0 Å². The summed E-state index contributed by atoms with van der Waals surface area (Å²) in [7, 11) is 1.96. The molecule has 8 nitrogen and oxygen atoms in total. The molecule has 8 heteroatoms. The number of morpholine rings is 1. The lowest BCUT2D eigenvalue weighted by atomic mass is 10.1. The fourth-order valence-electron chi connectivity index (χ4n) is 3.19. The van der Waals surface area contributed by atoms with Crippen LogP contribution in [0.5, 0.6) is 0 Å². The first kappa shape index (κ1) is 17.2. The zero-order valence-corrected chi connectivity index (χ0v) is 14.4. The van der Waals surface area contributed by atoms with Crippen molar-refractivity contribution < 1.29 is 9.53 Å². The summed E-state index contributed by atoms with van der Waals surface area (Å²) in [5.41, 5.74) is 0.732. The van der Waals surface area contributed by atoms with Gasteiger partial charge in [-0.2, -0.15) is 5.26 Å². The van der Waals surface area contributed by atoms with Gasteiger partial charge in [-0.3, -0.25) is 9.69 Å². The molecule has 1 fully saturated rings. The summed E-state index contributed by atoms with van der Waals surface area (Å²) in [6, 6.07) is 5.14. The Morgan fingerprint density at radius 2 is 2.40 bits per heavy atom. The van der Waals surface area contributed by atoms with Crippen molar-refractivity contribution in [3.05, 3.63) is 41.7 Å². The monoisotopic (exact) mass is 342 g/mol. The molecule has 0 radical (unpaired) electrons. The molecular formula is C17H22N6O2. The maximum atomic E-state index is 12.3. The number of H-pyrrole nitrogens is 1. The lowest BCUT2D eigenvalue weighted by Crippen LogP contribution is -2.50. The van der Waals surface area contributed by atoms with E-state index in [0.29, 0.717) is 24.5 Å². The van der Waals surface area contributed by atoms with Gasteiger partial charge in [-0.1, -0.05) is 6.92 Å². The molecule has 2 N–H and O–H groups in total. The summed E-state index contributed by atoms with van der Waals surface area (Å²) in [6.45, 7) is 4.82. The zero-order valence-electron chi connectivity index (χ0n) is 14.4. The molecular weight excluding hydrogens is 320 g/mol. The van der Waals surface area contributed by atoms with Crippen LogP contribution >= 0.6 is 0 Å². The number of nitrogens with one attached hydrogen (secondary N) is 2. The molecule has 3 heterocycles. The van der Waals surface area contributed by atoms with Gasteiger partial charge in [-0.05, 0) is 18.7 Å². The lowest BCUT2D eigenvalue weighted by Gasteiger charge is -2.40. The number of nitrogens with zero attached hydrogens (tertiary/aromatic N) is 4. The molecule has 2 aromatic heterocycles. The Morgan fingerprint density at radius 1 is 1.56 bits per heavy atom. The van der Waals surface area contributed by atoms with Crippen LogP contribution in [0, 0.1) is 11.3 Å². The topological polar surface area (TPSA) is 99.0 Å². The molecule has 1 aliphatic heterocycles. The molecule has 1 saturated heterocycles. The van der Waals surface area contributed by atoms with E-state index in [-0.39, 0.29) is 18.1 Å². The van der Waals surface area contributed by atoms with E-state index in [1.54, 1.807) is 18.3 Å². The van der Waals surface area contributed by atoms with E-state index < -0.39 is 0 Å². The quantitative estimate of drug-likeness (QED) is 0.838. The second kappa shape index (κ2) is 7.51. The minimum atomic E-state index is -0.252. The van der Waals surface area contributed by atoms with Crippen molar-refractivity contribution in [1.82, 2.24) is 24.8 Å². The van der Waals surface area contributed by atoms with E-state index >= 15 is 0 Å². The van der Waals surface area contributed by atoms with Gasteiger partial charge in [0.2, 0.25) is 0 Å². The molecule has 0 aliphatic carbocycles. The average Bonchev–Trinajstić information content (AvgIpc) is 3.28. The maximum Gasteiger partial charge on any atom is 0.267 e. The fraction of sp³-hybridized carbons (Fsp3) is 0.471. The van der Waals surface area contributed by atoms with E-state index in [4.69, 9.17) is 10.00 Å². The summed E-state index contributed by atoms with van der Waals surface area (Å²) < 4.78 is 7.93. The van der Waals surface area contributed by atoms with Gasteiger partial charge in [-0.25, -0.2) is 4.98 Å². The Kier molecular flexibility index (Phi) is 5.16. The number of hydrogen-bond acceptors (Lipinski definition) is 5. The second-order valence-electron chi connectivity index (χ2n) is 5.99. The van der Waals surface area contributed by atoms with Crippen molar-refractivity contribution in [1.29, 1.82) is 5.26 Å². The number of aromatic nitrogens is 3. The van der Waals surface area contributed by atoms with Gasteiger partial charge < -0.3 is 19.6 Å². The highest BCUT2D eigenvalue weighted by atomic mass is 16.5. The van der Waals surface area contributed by atoms with Crippen LogP contribution in [0.4, 0.5) is 0 Å². The Balaban J connectivity index is 1.72. The van der Waals surface area contributed by atoms with E-state index in [1.807, 2.05) is 23.9 Å². The van der Waals surface area contributed by atoms with Crippen molar-refractivity contribution in [2.24, 2.45) is 7.05 Å². The van der Waals surface area contributed by atoms with Gasteiger partial charge >= 0.3 is 0 Å². The molecule has 2 atom stereocenters. The number of aromatic amines is 1. The number of carbonyl (C=O) groups excluding carboxylic acids is 1. The van der Waals surface area contributed by atoms with Crippen molar-refractivity contribution >= 4 is 5.91 Å². The smallest absolute Gasteiger partial charge is 0.267 e. The number of nitriles is 1. The predicted molar refractivity (Wildman–Crippen MR) is 90.8 cm³/mol. The number of rotatable bonds is 5. The summed E-state index contributed by atoms with van der Waals surface area (Å²) in [5, 5.41) is 11.7. The summed E-state index contributed by atoms with van der Waals surface area (Å²) >= 11 is 0. The number of amides is 1. The van der Waals surface area contributed by atoms with Crippen LogP contribution in [-0.4, -0.2) is 57.7 Å². The summed E-state index contributed by atoms with van der Waals surface area (Å²) in [5.74, 6) is 0.671. The first-order valence-corrected chi connectivity index (χ1v) is 8.34. The first-order valence-electron chi connectivity index (χ1n) is 8.34. The van der Waals surface area contributed by atoms with E-state index in [9.17, 15) is 4.79 Å². The molecule has 3 rings (SSSR count). The number of ether oxygens (including phenoxy) is 1. The van der Waals surface area contributed by atoms with Crippen LogP contribution in [0.1, 0.15) is 35.0 Å². The first-order chi connectivity index (χ1) is 12.1. The normalized spacial score (nSPS) is 21.0. The lowest BCUT2D eigenvalue weighted by molar-refractivity contribution is -0.0720. The molecule has 0 unspecified atom stereocenters. The molecule has 132 valence electrons. The van der Waals surface area contributed by atoms with Gasteiger partial charge in [0.1, 0.15) is 23.3 Å². The molecule has 0 spiro atoms. The van der Waals surface area contributed by atoms with Gasteiger partial charge in [0.05, 0.1) is 18.8 Å². The molecule has 25 heavy (non-hydrogen) atoms. The Bertz CT molecular complexity index is 774. The largest absolute Gasteiger partial charge is 0.373 e. The highest BCUT2D eigenvalue weighted by Crippen LogP contribution is 2.27. The van der Waals surface area contributed by atoms with Crippen LogP contribution in [-0.2, 0) is 11.8 Å². The standard InChI is InChI=1S/C17H22N6O2/c1-3-23-8-9-25-14(15(23)16-19-6-7-22(16)2)11-20-17(24)13-5-4-12(10-18)21-13/h4-7,14-15,21H,3,8-9,11H2,1-2H3,(H,20,24)/t14-,15+/m0/s1. The van der Waals surface area contributed by atoms with Crippen LogP contribution in [0.25, 0.3) is 0 Å². The van der Waals surface area contributed by atoms with Crippen LogP contribution in [0.2, 0.25) is 0 Å². The van der Waals surface area contributed by atoms with Crippen LogP contribution < -0.4 is 5.32 Å². The Labute approximate surface area is 146 Å². The fourth-order valence-corrected chi connectivity index (χ4v) is 3.19. The highest BCUT2D eigenvalue weighted by molar-refractivity contribution is 5.92. The number of imidazole rings is 1. The Morgan fingerprint density at radius 3 is 3.04 bits per heavy atom. The summed E-state index contributed by atoms with van der Waals surface area (Å²) in [6.07, 6.45) is 3.50. The molecule has 1 aliphatic rings. The van der Waals surface area contributed by atoms with Crippen molar-refractivity contribution in [2.45, 2.75) is 19.1 Å². The van der Waals surface area contributed by atoms with Crippen LogP contribution in [0.15, 0.2) is 24.5 Å². The molecule has 0 saturated carbocycles. The third-order valence-electron chi connectivity index (χ3n) is 4.50. The van der Waals surface area contributed by atoms with E-state index in [1.165, 1.54) is 0 Å². The second-order valence-corrected chi connectivity index (χ2v) is 5.99. The number of carbonyl (C=O) groups is 1. The molecule has 2 aromatic rings. The average molecular weight is 342 g/mol. The minimum absolute atomic E-state index is 0.0163. The third kappa shape index (κ3) is 3.57. The highest BCUT2D eigenvalue weighted by Gasteiger charge is 2.35. The molecule has 0 bridgehead atoms. The van der Waals surface area contributed by atoms with Gasteiger partial charge in [-0.15, -0.1) is 0 Å². The molecule has 0 aromatic carbocycles. The van der Waals surface area contributed by atoms with Crippen molar-refractivity contribution in [2.75, 3.05) is 26.2 Å². The van der Waals surface area contributed by atoms with Crippen molar-refractivity contribution in [3.8, 4) is 6.07 Å². The van der Waals surface area contributed by atoms with Crippen molar-refractivity contribution in [3.63, 3.8) is 0 Å². The third-order valence-corrected chi connectivity index (χ3v) is 4.50. The number of aryl methyl sites for hydroxylation is 1. The Hall–Kier alpha value is -2.63.